The molecule has 11 heavy (non-hydrogen) atoms. The number of carboxylic acid groups (broad SMARTS) is 2. The molecule has 1 unspecified atom stereocenters. The van der Waals surface area contributed by atoms with E-state index in [1.54, 1.807) is 0 Å². The first-order chi connectivity index (χ1) is 4.95. The molecule has 0 rings (SSSR count). The summed E-state index contributed by atoms with van der Waals surface area (Å²) in [5.74, 6) is -2.30. The molecule has 0 aliphatic rings. The second kappa shape index (κ2) is 3.72. The Morgan fingerprint density at radius 2 is 1.91 bits per heavy atom. The minimum atomic E-state index is -1.18. The van der Waals surface area contributed by atoms with Crippen molar-refractivity contribution in [1.82, 2.24) is 0 Å². The van der Waals surface area contributed by atoms with Crippen LogP contribution >= 0.6 is 0 Å². The van der Waals surface area contributed by atoms with Crippen molar-refractivity contribution in [1.29, 1.82) is 0 Å². The normalized spacial score (nSPS) is 12.1. The van der Waals surface area contributed by atoms with Gasteiger partial charge >= 0.3 is 11.9 Å². The van der Waals surface area contributed by atoms with E-state index in [2.05, 4.69) is 12.3 Å². The van der Waals surface area contributed by atoms with Crippen molar-refractivity contribution in [2.45, 2.75) is 12.5 Å². The monoisotopic (exact) mass is 160 g/mol. The Balaban J connectivity index is 3.95. The zero-order valence-electron chi connectivity index (χ0n) is 5.91. The lowest BCUT2D eigenvalue weighted by Crippen LogP contribution is -2.65. The van der Waals surface area contributed by atoms with Crippen molar-refractivity contribution in [3.63, 3.8) is 0 Å². The van der Waals surface area contributed by atoms with Gasteiger partial charge in [0.25, 0.3) is 0 Å². The van der Waals surface area contributed by atoms with Crippen LogP contribution < -0.4 is 5.73 Å². The summed E-state index contributed by atoms with van der Waals surface area (Å²) in [7, 11) is 0. The van der Waals surface area contributed by atoms with E-state index in [4.69, 9.17) is 10.2 Å². The fraction of sp³-hybridized carbons (Fsp3) is 0.333. The van der Waals surface area contributed by atoms with E-state index in [0.29, 0.717) is 0 Å². The Kier molecular flexibility index (Phi) is 3.26. The lowest BCUT2D eigenvalue weighted by molar-refractivity contribution is -0.406. The summed E-state index contributed by atoms with van der Waals surface area (Å²) in [6.45, 7) is 3.17. The molecule has 0 heterocycles. The number of hydrogen-bond donors (Lipinski definition) is 3. The molecule has 62 valence electrons. The van der Waals surface area contributed by atoms with Gasteiger partial charge in [-0.05, 0) is 0 Å². The molecule has 5 heteroatoms. The second-order valence-electron chi connectivity index (χ2n) is 2.15. The van der Waals surface area contributed by atoms with Crippen LogP contribution in [0.1, 0.15) is 6.42 Å². The van der Waals surface area contributed by atoms with E-state index in [-0.39, 0.29) is 12.0 Å². The van der Waals surface area contributed by atoms with E-state index >= 15 is 0 Å². The molecule has 1 atom stereocenters. The highest BCUT2D eigenvalue weighted by atomic mass is 16.4. The third-order valence-corrected chi connectivity index (χ3v) is 1.14. The van der Waals surface area contributed by atoms with Crippen molar-refractivity contribution in [3.8, 4) is 0 Å². The fourth-order valence-corrected chi connectivity index (χ4v) is 0.472. The van der Waals surface area contributed by atoms with Gasteiger partial charge in [0, 0.05) is 12.0 Å². The standard InChI is InChI=1S/C6H9NO4/c1-3(5(8)9)2-4(7)6(10)11/h4H,1-2,7H2,(H,8,9)(H,10,11)/p+1. The Labute approximate surface area is 63.1 Å². The molecular formula is C6H10NO4+. The molecule has 0 aliphatic carbocycles. The molecule has 0 fully saturated rings. The fourth-order valence-electron chi connectivity index (χ4n) is 0.472. The summed E-state index contributed by atoms with van der Waals surface area (Å²) < 4.78 is 0. The van der Waals surface area contributed by atoms with Crippen LogP contribution in [-0.4, -0.2) is 28.2 Å². The lowest BCUT2D eigenvalue weighted by atomic mass is 10.1. The van der Waals surface area contributed by atoms with Crippen LogP contribution in [0, 0.1) is 0 Å². The Bertz CT molecular complexity index is 199. The third-order valence-electron chi connectivity index (χ3n) is 1.14. The average Bonchev–Trinajstić information content (AvgIpc) is 1.87. The predicted octanol–water partition coefficient (Wildman–Crippen LogP) is -1.29. The Morgan fingerprint density at radius 3 is 2.18 bits per heavy atom. The van der Waals surface area contributed by atoms with Crippen molar-refractivity contribution in [3.05, 3.63) is 12.2 Å². The molecule has 0 amide bonds. The van der Waals surface area contributed by atoms with Crippen LogP contribution in [-0.2, 0) is 9.59 Å². The molecule has 5 nitrogen and oxygen atoms in total. The van der Waals surface area contributed by atoms with Gasteiger partial charge in [-0.2, -0.15) is 0 Å². The van der Waals surface area contributed by atoms with E-state index in [1.807, 2.05) is 0 Å². The second-order valence-corrected chi connectivity index (χ2v) is 2.15. The van der Waals surface area contributed by atoms with Crippen LogP contribution in [0.3, 0.4) is 0 Å². The van der Waals surface area contributed by atoms with Crippen molar-refractivity contribution < 1.29 is 25.5 Å². The maximum atomic E-state index is 10.2. The molecule has 5 N–H and O–H groups in total. The highest BCUT2D eigenvalue weighted by molar-refractivity contribution is 5.87. The minimum absolute atomic E-state index is 0.120. The first kappa shape index (κ1) is 9.64. The van der Waals surface area contributed by atoms with Crippen LogP contribution in [0.15, 0.2) is 12.2 Å². The molecular weight excluding hydrogens is 150 g/mol. The molecule has 0 saturated carbocycles. The highest BCUT2D eigenvalue weighted by Gasteiger charge is 2.19. The van der Waals surface area contributed by atoms with Crippen LogP contribution in [0.5, 0.6) is 0 Å². The van der Waals surface area contributed by atoms with E-state index < -0.39 is 18.0 Å². The molecule has 0 aromatic heterocycles. The number of rotatable bonds is 4. The van der Waals surface area contributed by atoms with Gasteiger partial charge in [-0.3, -0.25) is 0 Å². The van der Waals surface area contributed by atoms with Crippen molar-refractivity contribution in [2.75, 3.05) is 0 Å². The SMILES string of the molecule is C=C(CC([NH3+])C(=O)O)C(=O)O. The average molecular weight is 160 g/mol. The number of hydrogen-bond acceptors (Lipinski definition) is 2. The van der Waals surface area contributed by atoms with Gasteiger partial charge in [-0.1, -0.05) is 6.58 Å². The molecule has 0 bridgehead atoms. The number of aliphatic carboxylic acids is 2. The lowest BCUT2D eigenvalue weighted by Gasteiger charge is -2.01. The highest BCUT2D eigenvalue weighted by Crippen LogP contribution is 1.99. The smallest absolute Gasteiger partial charge is 0.362 e. The molecule has 0 aliphatic heterocycles. The summed E-state index contributed by atoms with van der Waals surface area (Å²) in [4.78, 5) is 20.3. The Morgan fingerprint density at radius 1 is 1.45 bits per heavy atom. The molecule has 0 aromatic carbocycles. The zero-order chi connectivity index (χ0) is 9.02. The van der Waals surface area contributed by atoms with E-state index in [1.165, 1.54) is 0 Å². The summed E-state index contributed by atoms with van der Waals surface area (Å²) in [6, 6.07) is -0.932. The molecule has 0 aromatic rings. The zero-order valence-corrected chi connectivity index (χ0v) is 5.91. The quantitative estimate of drug-likeness (QED) is 0.445. The first-order valence-electron chi connectivity index (χ1n) is 2.92. The van der Waals surface area contributed by atoms with E-state index in [0.717, 1.165) is 0 Å². The molecule has 0 saturated heterocycles. The summed E-state index contributed by atoms with van der Waals surface area (Å²) in [6.07, 6.45) is -0.120. The van der Waals surface area contributed by atoms with Crippen LogP contribution in [0.25, 0.3) is 0 Å². The van der Waals surface area contributed by atoms with Gasteiger partial charge in [-0.25, -0.2) is 9.59 Å². The largest absolute Gasteiger partial charge is 0.478 e. The molecule has 0 radical (unpaired) electrons. The predicted molar refractivity (Wildman–Crippen MR) is 35.7 cm³/mol. The summed E-state index contributed by atoms with van der Waals surface area (Å²) in [5, 5.41) is 16.6. The van der Waals surface area contributed by atoms with Crippen LogP contribution in [0.4, 0.5) is 0 Å². The van der Waals surface area contributed by atoms with Crippen molar-refractivity contribution >= 4 is 11.9 Å². The van der Waals surface area contributed by atoms with Gasteiger partial charge in [0.2, 0.25) is 0 Å². The molecule has 0 spiro atoms. The van der Waals surface area contributed by atoms with Gasteiger partial charge in [0.05, 0.1) is 0 Å². The topological polar surface area (TPSA) is 102 Å². The van der Waals surface area contributed by atoms with E-state index in [9.17, 15) is 9.59 Å². The Hall–Kier alpha value is -1.36. The maximum Gasteiger partial charge on any atom is 0.362 e. The maximum absolute atomic E-state index is 10.2. The van der Waals surface area contributed by atoms with Crippen molar-refractivity contribution in [2.24, 2.45) is 0 Å². The number of carboxylic acids is 2. The van der Waals surface area contributed by atoms with Gasteiger partial charge in [0.1, 0.15) is 0 Å². The third kappa shape index (κ3) is 3.36. The van der Waals surface area contributed by atoms with Gasteiger partial charge < -0.3 is 15.9 Å². The van der Waals surface area contributed by atoms with Crippen LogP contribution in [0.2, 0.25) is 0 Å². The number of quaternary nitrogens is 1. The van der Waals surface area contributed by atoms with Gasteiger partial charge in [-0.15, -0.1) is 0 Å². The summed E-state index contributed by atoms with van der Waals surface area (Å²) >= 11 is 0. The minimum Gasteiger partial charge on any atom is -0.478 e. The first-order valence-corrected chi connectivity index (χ1v) is 2.92. The summed E-state index contributed by atoms with van der Waals surface area (Å²) in [5.41, 5.74) is 3.10. The number of carbonyl (C=O) groups is 2. The van der Waals surface area contributed by atoms with Gasteiger partial charge in [0.15, 0.2) is 6.04 Å².